The molecule has 0 bridgehead atoms. The molecule has 0 aliphatic heterocycles. The normalized spacial score (nSPS) is 12.3. The molecule has 1 rings (SSSR count). The molecule has 0 saturated carbocycles. The molecule has 9 heteroatoms. The number of hydrogen-bond acceptors (Lipinski definition) is 3. The van der Waals surface area contributed by atoms with E-state index in [0.29, 0.717) is 0 Å². The maximum Gasteiger partial charge on any atom is 0.361 e. The molecule has 1 aromatic carbocycles. The van der Waals surface area contributed by atoms with E-state index in [4.69, 9.17) is 21.3 Å². The molecule has 0 spiro atoms. The quantitative estimate of drug-likeness (QED) is 0.829. The number of nitrogens with zero attached hydrogens (tertiary/aromatic N) is 1. The van der Waals surface area contributed by atoms with E-state index < -0.39 is 33.3 Å². The summed E-state index contributed by atoms with van der Waals surface area (Å²) in [7, 11) is -4.99. The highest BCUT2D eigenvalue weighted by Crippen LogP contribution is 2.31. The summed E-state index contributed by atoms with van der Waals surface area (Å²) in [5.74, 6) is -2.63. The second-order valence-corrected chi connectivity index (χ2v) is 5.90. The van der Waals surface area contributed by atoms with Crippen LogP contribution in [0.1, 0.15) is 13.8 Å². The third-order valence-electron chi connectivity index (χ3n) is 2.39. The molecule has 0 fully saturated rings. The second kappa shape index (κ2) is 4.95. The Morgan fingerprint density at radius 1 is 1.42 bits per heavy atom. The van der Waals surface area contributed by atoms with E-state index in [9.17, 15) is 17.6 Å². The first-order chi connectivity index (χ1) is 8.48. The highest BCUT2D eigenvalue weighted by atomic mass is 35.5. The Morgan fingerprint density at radius 3 is 2.32 bits per heavy atom. The molecule has 0 aliphatic rings. The van der Waals surface area contributed by atoms with Crippen LogP contribution in [0.3, 0.4) is 0 Å². The molecule has 0 amide bonds. The lowest BCUT2D eigenvalue weighted by molar-refractivity contribution is -0.141. The predicted molar refractivity (Wildman–Crippen MR) is 67.2 cm³/mol. The average Bonchev–Trinajstić information content (AvgIpc) is 2.19. The predicted octanol–water partition coefficient (Wildman–Crippen LogP) is 1.95. The summed E-state index contributed by atoms with van der Waals surface area (Å²) < 4.78 is 45.6. The Bertz CT molecular complexity index is 616. The number of carboxylic acid groups (broad SMARTS) is 1. The van der Waals surface area contributed by atoms with E-state index in [0.717, 1.165) is 26.0 Å². The minimum Gasteiger partial charge on any atom is -0.479 e. The van der Waals surface area contributed by atoms with Gasteiger partial charge in [-0.1, -0.05) is 11.6 Å². The van der Waals surface area contributed by atoms with Crippen LogP contribution >= 0.6 is 11.6 Å². The monoisotopic (exact) mass is 311 g/mol. The van der Waals surface area contributed by atoms with Crippen LogP contribution < -0.4 is 4.31 Å². The molecular formula is C10H11ClFNO5S. The summed E-state index contributed by atoms with van der Waals surface area (Å²) in [5.41, 5.74) is -2.69. The van der Waals surface area contributed by atoms with Crippen molar-refractivity contribution in [3.05, 3.63) is 29.0 Å². The van der Waals surface area contributed by atoms with Crippen molar-refractivity contribution in [2.75, 3.05) is 4.31 Å². The summed E-state index contributed by atoms with van der Waals surface area (Å²) in [6.07, 6.45) is 0. The lowest BCUT2D eigenvalue weighted by atomic mass is 10.1. The average molecular weight is 312 g/mol. The van der Waals surface area contributed by atoms with Gasteiger partial charge < -0.3 is 5.11 Å². The van der Waals surface area contributed by atoms with Crippen molar-refractivity contribution in [1.29, 1.82) is 0 Å². The molecule has 1 aromatic rings. The number of carboxylic acids is 1. The van der Waals surface area contributed by atoms with Gasteiger partial charge in [0.25, 0.3) is 0 Å². The van der Waals surface area contributed by atoms with E-state index in [1.807, 2.05) is 0 Å². The van der Waals surface area contributed by atoms with Gasteiger partial charge in [0, 0.05) is 5.02 Å². The minimum absolute atomic E-state index is 0.00432. The van der Waals surface area contributed by atoms with Crippen molar-refractivity contribution in [1.82, 2.24) is 0 Å². The van der Waals surface area contributed by atoms with Gasteiger partial charge in [-0.05, 0) is 32.0 Å². The van der Waals surface area contributed by atoms with E-state index in [-0.39, 0.29) is 9.33 Å². The smallest absolute Gasteiger partial charge is 0.361 e. The standard InChI is InChI=1S/C10H11ClFNO5S/c1-10(2,9(14)15)13(19(16,17)18)8-4-3-6(11)5-7(8)12/h3-5H,1-2H3,(H,14,15)(H,16,17,18). The van der Waals surface area contributed by atoms with E-state index >= 15 is 0 Å². The van der Waals surface area contributed by atoms with E-state index in [1.165, 1.54) is 6.07 Å². The molecule has 0 radical (unpaired) electrons. The Kier molecular flexibility index (Phi) is 4.08. The third-order valence-corrected chi connectivity index (χ3v) is 3.74. The van der Waals surface area contributed by atoms with Crippen molar-refractivity contribution in [3.63, 3.8) is 0 Å². The van der Waals surface area contributed by atoms with Gasteiger partial charge in [0.05, 0.1) is 5.69 Å². The zero-order chi connectivity index (χ0) is 15.0. The fourth-order valence-corrected chi connectivity index (χ4v) is 2.66. The van der Waals surface area contributed by atoms with Gasteiger partial charge in [-0.2, -0.15) is 8.42 Å². The Labute approximate surface area is 114 Å². The van der Waals surface area contributed by atoms with Crippen LogP contribution in [0.2, 0.25) is 5.02 Å². The molecule has 0 aromatic heterocycles. The number of benzene rings is 1. The molecule has 6 nitrogen and oxygen atoms in total. The first kappa shape index (κ1) is 15.7. The topological polar surface area (TPSA) is 94.9 Å². The van der Waals surface area contributed by atoms with Gasteiger partial charge in [-0.3, -0.25) is 4.55 Å². The Balaban J connectivity index is 3.55. The fraction of sp³-hybridized carbons (Fsp3) is 0.300. The van der Waals surface area contributed by atoms with Gasteiger partial charge >= 0.3 is 16.3 Å². The van der Waals surface area contributed by atoms with Crippen molar-refractivity contribution in [2.45, 2.75) is 19.4 Å². The molecule has 2 N–H and O–H groups in total. The molecule has 19 heavy (non-hydrogen) atoms. The highest BCUT2D eigenvalue weighted by Gasteiger charge is 2.43. The Morgan fingerprint density at radius 2 is 1.95 bits per heavy atom. The summed E-state index contributed by atoms with van der Waals surface area (Å²) in [4.78, 5) is 11.1. The molecule has 106 valence electrons. The fourth-order valence-electron chi connectivity index (χ4n) is 1.45. The van der Waals surface area contributed by atoms with Crippen molar-refractivity contribution in [2.24, 2.45) is 0 Å². The van der Waals surface area contributed by atoms with Gasteiger partial charge in [0.2, 0.25) is 0 Å². The number of carbonyl (C=O) groups is 1. The van der Waals surface area contributed by atoms with Crippen LogP contribution in [0.4, 0.5) is 10.1 Å². The third kappa shape index (κ3) is 3.14. The van der Waals surface area contributed by atoms with Crippen molar-refractivity contribution in [3.8, 4) is 0 Å². The first-order valence-corrected chi connectivity index (χ1v) is 6.71. The van der Waals surface area contributed by atoms with Gasteiger partial charge in [0.15, 0.2) is 0 Å². The molecule has 0 heterocycles. The van der Waals surface area contributed by atoms with Gasteiger partial charge in [-0.25, -0.2) is 13.5 Å². The number of hydrogen-bond donors (Lipinski definition) is 2. The zero-order valence-corrected chi connectivity index (χ0v) is 11.5. The summed E-state index contributed by atoms with van der Waals surface area (Å²) in [6, 6.07) is 2.96. The maximum atomic E-state index is 13.7. The van der Waals surface area contributed by atoms with Crippen LogP contribution in [-0.2, 0) is 15.1 Å². The number of aliphatic carboxylic acids is 1. The molecule has 0 saturated heterocycles. The maximum absolute atomic E-state index is 13.7. The van der Waals surface area contributed by atoms with Crippen molar-refractivity contribution < 1.29 is 27.3 Å². The zero-order valence-electron chi connectivity index (χ0n) is 9.96. The van der Waals surface area contributed by atoms with Crippen LogP contribution in [0.15, 0.2) is 18.2 Å². The number of halogens is 2. The highest BCUT2D eigenvalue weighted by molar-refractivity contribution is 7.87. The molecule has 0 aliphatic carbocycles. The molecular weight excluding hydrogens is 301 g/mol. The lowest BCUT2D eigenvalue weighted by Crippen LogP contribution is -2.53. The second-order valence-electron chi connectivity index (χ2n) is 4.20. The Hall–Kier alpha value is -1.38. The summed E-state index contributed by atoms with van der Waals surface area (Å²) >= 11 is 5.53. The van der Waals surface area contributed by atoms with Gasteiger partial charge in [0.1, 0.15) is 11.4 Å². The van der Waals surface area contributed by atoms with Gasteiger partial charge in [-0.15, -0.1) is 0 Å². The number of anilines is 1. The summed E-state index contributed by atoms with van der Waals surface area (Å²) in [6.45, 7) is 2.02. The summed E-state index contributed by atoms with van der Waals surface area (Å²) in [5, 5.41) is 9.02. The SMILES string of the molecule is CC(C)(C(=O)O)N(c1ccc(Cl)cc1F)S(=O)(=O)O. The largest absolute Gasteiger partial charge is 0.479 e. The number of rotatable bonds is 4. The molecule has 0 unspecified atom stereocenters. The van der Waals surface area contributed by atoms with Crippen LogP contribution in [0.5, 0.6) is 0 Å². The van der Waals surface area contributed by atoms with E-state index in [1.54, 1.807) is 0 Å². The minimum atomic E-state index is -4.99. The lowest BCUT2D eigenvalue weighted by Gasteiger charge is -2.33. The van der Waals surface area contributed by atoms with Crippen LogP contribution in [-0.4, -0.2) is 29.6 Å². The first-order valence-electron chi connectivity index (χ1n) is 4.94. The van der Waals surface area contributed by atoms with E-state index in [2.05, 4.69) is 0 Å². The molecule has 0 atom stereocenters. The van der Waals surface area contributed by atoms with Crippen LogP contribution in [0, 0.1) is 5.82 Å². The van der Waals surface area contributed by atoms with Crippen molar-refractivity contribution >= 4 is 33.6 Å². The van der Waals surface area contributed by atoms with Crippen LogP contribution in [0.25, 0.3) is 0 Å².